The second kappa shape index (κ2) is 10.1. The molecule has 30 heavy (non-hydrogen) atoms. The maximum absolute atomic E-state index is 12.8. The van der Waals surface area contributed by atoms with Gasteiger partial charge in [-0.05, 0) is 49.9 Å². The quantitative estimate of drug-likeness (QED) is 0.771. The standard InChI is InChI=1S/C24H29N3O3/c1-17-6-8-19(9-7-17)10-11-23(29)26-21-12-14-27(15-13-21)24(30)20-4-3-5-22(16-20)25-18(2)28/h3-9,16,21H,10-15H2,1-2H3,(H,25,28)(H,26,29). The van der Waals surface area contributed by atoms with E-state index in [1.165, 1.54) is 12.5 Å². The fraction of sp³-hybridized carbons (Fsp3) is 0.375. The zero-order valence-electron chi connectivity index (χ0n) is 17.6. The molecule has 6 heteroatoms. The van der Waals surface area contributed by atoms with Crippen molar-refractivity contribution in [3.63, 3.8) is 0 Å². The number of hydrogen-bond donors (Lipinski definition) is 2. The summed E-state index contributed by atoms with van der Waals surface area (Å²) < 4.78 is 0. The second-order valence-corrected chi connectivity index (χ2v) is 7.88. The summed E-state index contributed by atoms with van der Waals surface area (Å²) in [7, 11) is 0. The lowest BCUT2D eigenvalue weighted by Crippen LogP contribution is -2.46. The molecule has 0 aliphatic carbocycles. The van der Waals surface area contributed by atoms with Crippen LogP contribution in [-0.2, 0) is 16.0 Å². The lowest BCUT2D eigenvalue weighted by Gasteiger charge is -2.32. The largest absolute Gasteiger partial charge is 0.353 e. The van der Waals surface area contributed by atoms with Gasteiger partial charge in [0.05, 0.1) is 0 Å². The fourth-order valence-corrected chi connectivity index (χ4v) is 3.66. The van der Waals surface area contributed by atoms with Crippen LogP contribution in [0.5, 0.6) is 0 Å². The Bertz CT molecular complexity index is 900. The van der Waals surface area contributed by atoms with E-state index >= 15 is 0 Å². The summed E-state index contributed by atoms with van der Waals surface area (Å²) >= 11 is 0. The van der Waals surface area contributed by atoms with Gasteiger partial charge in [0, 0.05) is 43.7 Å². The van der Waals surface area contributed by atoms with Crippen molar-refractivity contribution in [2.75, 3.05) is 18.4 Å². The molecule has 0 atom stereocenters. The molecule has 3 rings (SSSR count). The van der Waals surface area contributed by atoms with Crippen molar-refractivity contribution >= 4 is 23.4 Å². The van der Waals surface area contributed by atoms with Crippen molar-refractivity contribution in [3.8, 4) is 0 Å². The minimum Gasteiger partial charge on any atom is -0.353 e. The van der Waals surface area contributed by atoms with Crippen molar-refractivity contribution in [1.82, 2.24) is 10.2 Å². The first-order valence-corrected chi connectivity index (χ1v) is 10.4. The first-order valence-electron chi connectivity index (χ1n) is 10.4. The number of rotatable bonds is 6. The van der Waals surface area contributed by atoms with Crippen LogP contribution in [-0.4, -0.2) is 41.8 Å². The number of nitrogens with zero attached hydrogens (tertiary/aromatic N) is 1. The summed E-state index contributed by atoms with van der Waals surface area (Å²) in [5.41, 5.74) is 3.55. The Labute approximate surface area is 177 Å². The number of carbonyl (C=O) groups excluding carboxylic acids is 3. The molecule has 1 saturated heterocycles. The highest BCUT2D eigenvalue weighted by Crippen LogP contribution is 2.17. The van der Waals surface area contributed by atoms with Crippen LogP contribution < -0.4 is 10.6 Å². The van der Waals surface area contributed by atoms with E-state index in [0.717, 1.165) is 24.8 Å². The molecule has 1 aliphatic heterocycles. The molecule has 2 N–H and O–H groups in total. The van der Waals surface area contributed by atoms with Crippen LogP contribution in [0.25, 0.3) is 0 Å². The van der Waals surface area contributed by atoms with E-state index < -0.39 is 0 Å². The van der Waals surface area contributed by atoms with Gasteiger partial charge in [-0.25, -0.2) is 0 Å². The highest BCUT2D eigenvalue weighted by molar-refractivity contribution is 5.96. The normalized spacial score (nSPS) is 14.3. The number of amides is 3. The van der Waals surface area contributed by atoms with Gasteiger partial charge in [-0.3, -0.25) is 14.4 Å². The first-order chi connectivity index (χ1) is 14.4. The Morgan fingerprint density at radius 2 is 1.73 bits per heavy atom. The van der Waals surface area contributed by atoms with Crippen LogP contribution in [0.1, 0.15) is 47.7 Å². The fourth-order valence-electron chi connectivity index (χ4n) is 3.66. The Kier molecular flexibility index (Phi) is 7.22. The van der Waals surface area contributed by atoms with Gasteiger partial charge in [0.2, 0.25) is 11.8 Å². The van der Waals surface area contributed by atoms with Gasteiger partial charge in [0.1, 0.15) is 0 Å². The highest BCUT2D eigenvalue weighted by Gasteiger charge is 2.24. The van der Waals surface area contributed by atoms with Gasteiger partial charge in [-0.2, -0.15) is 0 Å². The predicted molar refractivity (Wildman–Crippen MR) is 117 cm³/mol. The molecular weight excluding hydrogens is 378 g/mol. The van der Waals surface area contributed by atoms with E-state index in [1.807, 2.05) is 11.8 Å². The average Bonchev–Trinajstić information content (AvgIpc) is 2.73. The van der Waals surface area contributed by atoms with Crippen LogP contribution >= 0.6 is 0 Å². The number of hydrogen-bond acceptors (Lipinski definition) is 3. The van der Waals surface area contributed by atoms with Crippen LogP contribution in [0.15, 0.2) is 48.5 Å². The van der Waals surface area contributed by atoms with E-state index in [-0.39, 0.29) is 23.8 Å². The van der Waals surface area contributed by atoms with Crippen LogP contribution in [0, 0.1) is 6.92 Å². The molecule has 0 saturated carbocycles. The third-order valence-corrected chi connectivity index (χ3v) is 5.34. The van der Waals surface area contributed by atoms with Gasteiger partial charge in [0.15, 0.2) is 0 Å². The number of carbonyl (C=O) groups is 3. The molecular formula is C24H29N3O3. The monoisotopic (exact) mass is 407 g/mol. The smallest absolute Gasteiger partial charge is 0.253 e. The minimum absolute atomic E-state index is 0.0497. The SMILES string of the molecule is CC(=O)Nc1cccc(C(=O)N2CCC(NC(=O)CCc3ccc(C)cc3)CC2)c1. The van der Waals surface area contributed by atoms with E-state index in [9.17, 15) is 14.4 Å². The molecule has 0 radical (unpaired) electrons. The van der Waals surface area contributed by atoms with Crippen molar-refractivity contribution in [3.05, 3.63) is 65.2 Å². The molecule has 0 unspecified atom stereocenters. The van der Waals surface area contributed by atoms with Gasteiger partial charge >= 0.3 is 0 Å². The molecule has 2 aromatic carbocycles. The van der Waals surface area contributed by atoms with E-state index in [4.69, 9.17) is 0 Å². The zero-order valence-corrected chi connectivity index (χ0v) is 17.6. The van der Waals surface area contributed by atoms with E-state index in [2.05, 4.69) is 34.9 Å². The van der Waals surface area contributed by atoms with Crippen LogP contribution in [0.3, 0.4) is 0 Å². The van der Waals surface area contributed by atoms with Crippen molar-refractivity contribution in [2.45, 2.75) is 45.6 Å². The summed E-state index contributed by atoms with van der Waals surface area (Å²) in [6, 6.07) is 15.3. The Hall–Kier alpha value is -3.15. The maximum Gasteiger partial charge on any atom is 0.253 e. The predicted octanol–water partition coefficient (Wildman–Crippen LogP) is 3.31. The molecule has 2 aromatic rings. The molecule has 0 aromatic heterocycles. The molecule has 1 heterocycles. The van der Waals surface area contributed by atoms with E-state index in [1.54, 1.807) is 24.3 Å². The third kappa shape index (κ3) is 6.17. The van der Waals surface area contributed by atoms with Crippen molar-refractivity contribution in [2.24, 2.45) is 0 Å². The molecule has 1 fully saturated rings. The second-order valence-electron chi connectivity index (χ2n) is 7.88. The lowest BCUT2D eigenvalue weighted by molar-refractivity contribution is -0.122. The molecule has 158 valence electrons. The topological polar surface area (TPSA) is 78.5 Å². The van der Waals surface area contributed by atoms with Gasteiger partial charge in [0.25, 0.3) is 5.91 Å². The Balaban J connectivity index is 1.45. The number of aryl methyl sites for hydroxylation is 2. The Morgan fingerprint density at radius 3 is 2.40 bits per heavy atom. The number of anilines is 1. The number of likely N-dealkylation sites (tertiary alicyclic amines) is 1. The van der Waals surface area contributed by atoms with Crippen LogP contribution in [0.2, 0.25) is 0 Å². The molecule has 3 amide bonds. The molecule has 0 spiro atoms. The zero-order chi connectivity index (χ0) is 21.5. The first kappa shape index (κ1) is 21.6. The average molecular weight is 408 g/mol. The van der Waals surface area contributed by atoms with Gasteiger partial charge in [-0.1, -0.05) is 35.9 Å². The minimum atomic E-state index is -0.168. The summed E-state index contributed by atoms with van der Waals surface area (Å²) in [5, 5.41) is 5.81. The van der Waals surface area contributed by atoms with Crippen molar-refractivity contribution in [1.29, 1.82) is 0 Å². The Morgan fingerprint density at radius 1 is 1.03 bits per heavy atom. The summed E-state index contributed by atoms with van der Waals surface area (Å²) in [5.74, 6) is -0.159. The highest BCUT2D eigenvalue weighted by atomic mass is 16.2. The number of piperidine rings is 1. The summed E-state index contributed by atoms with van der Waals surface area (Å²) in [6.45, 7) is 4.69. The number of nitrogens with one attached hydrogen (secondary N) is 2. The molecule has 1 aliphatic rings. The summed E-state index contributed by atoms with van der Waals surface area (Å²) in [6.07, 6.45) is 2.69. The van der Waals surface area contributed by atoms with Gasteiger partial charge in [-0.15, -0.1) is 0 Å². The van der Waals surface area contributed by atoms with Crippen molar-refractivity contribution < 1.29 is 14.4 Å². The van der Waals surface area contributed by atoms with E-state index in [0.29, 0.717) is 30.8 Å². The molecule has 0 bridgehead atoms. The third-order valence-electron chi connectivity index (χ3n) is 5.34. The molecule has 6 nitrogen and oxygen atoms in total. The maximum atomic E-state index is 12.8. The summed E-state index contributed by atoms with van der Waals surface area (Å²) in [4.78, 5) is 38.1. The lowest BCUT2D eigenvalue weighted by atomic mass is 10.0. The van der Waals surface area contributed by atoms with Gasteiger partial charge < -0.3 is 15.5 Å². The van der Waals surface area contributed by atoms with Crippen LogP contribution in [0.4, 0.5) is 5.69 Å². The number of benzene rings is 2.